The van der Waals surface area contributed by atoms with Crippen molar-refractivity contribution in [3.8, 4) is 11.1 Å². The summed E-state index contributed by atoms with van der Waals surface area (Å²) in [7, 11) is 1.29. The second kappa shape index (κ2) is 9.96. The lowest BCUT2D eigenvalue weighted by atomic mass is 10.1. The van der Waals surface area contributed by atoms with Crippen LogP contribution in [0.15, 0.2) is 70.7 Å². The van der Waals surface area contributed by atoms with Crippen molar-refractivity contribution in [2.45, 2.75) is 25.0 Å². The number of esters is 1. The van der Waals surface area contributed by atoms with Crippen LogP contribution in [0.2, 0.25) is 0 Å². The Morgan fingerprint density at radius 1 is 1.12 bits per heavy atom. The zero-order chi connectivity index (χ0) is 24.2. The summed E-state index contributed by atoms with van der Waals surface area (Å²) in [4.78, 5) is 45.8. The normalized spacial score (nSPS) is 11.1. The number of amides is 1. The number of hydrogen-bond acceptors (Lipinski definition) is 6. The van der Waals surface area contributed by atoms with E-state index in [0.717, 1.165) is 11.1 Å². The summed E-state index contributed by atoms with van der Waals surface area (Å²) in [5, 5.41) is 3.19. The summed E-state index contributed by atoms with van der Waals surface area (Å²) in [6.45, 7) is 3.79. The van der Waals surface area contributed by atoms with Crippen molar-refractivity contribution in [1.29, 1.82) is 0 Å². The number of benzene rings is 2. The minimum Gasteiger partial charge on any atom is -0.465 e. The van der Waals surface area contributed by atoms with Crippen molar-refractivity contribution >= 4 is 40.4 Å². The van der Waals surface area contributed by atoms with Gasteiger partial charge >= 0.3 is 5.97 Å². The van der Waals surface area contributed by atoms with Crippen LogP contribution in [-0.4, -0.2) is 39.3 Å². The molecule has 0 aliphatic heterocycles. The number of ether oxygens (including phenoxy) is 1. The monoisotopic (exact) mass is 476 g/mol. The number of aromatic nitrogens is 3. The first kappa shape index (κ1) is 23.3. The molecular weight excluding hydrogens is 452 g/mol. The van der Waals surface area contributed by atoms with Crippen LogP contribution >= 0.6 is 11.8 Å². The number of fused-ring (bicyclic) bond motifs is 1. The lowest BCUT2D eigenvalue weighted by Gasteiger charge is -2.15. The largest absolute Gasteiger partial charge is 0.465 e. The van der Waals surface area contributed by atoms with Gasteiger partial charge in [0.25, 0.3) is 5.56 Å². The molecule has 0 saturated heterocycles. The molecule has 0 bridgehead atoms. The quantitative estimate of drug-likeness (QED) is 0.231. The topological polar surface area (TPSA) is 106 Å². The number of aromatic amines is 1. The maximum atomic E-state index is 13.3. The average molecular weight is 477 g/mol. The van der Waals surface area contributed by atoms with Crippen LogP contribution in [0, 0.1) is 0 Å². The van der Waals surface area contributed by atoms with Gasteiger partial charge in [0, 0.05) is 17.8 Å². The van der Waals surface area contributed by atoms with Crippen LogP contribution < -0.4 is 10.9 Å². The predicted molar refractivity (Wildman–Crippen MR) is 133 cm³/mol. The van der Waals surface area contributed by atoms with Crippen LogP contribution in [-0.2, 0) is 9.53 Å². The number of H-pyrrole nitrogens is 1. The van der Waals surface area contributed by atoms with Gasteiger partial charge < -0.3 is 15.0 Å². The highest BCUT2D eigenvalue weighted by molar-refractivity contribution is 7.99. The van der Waals surface area contributed by atoms with Crippen molar-refractivity contribution in [3.05, 3.63) is 76.7 Å². The van der Waals surface area contributed by atoms with Gasteiger partial charge in [-0.1, -0.05) is 54.2 Å². The first-order valence-electron chi connectivity index (χ1n) is 10.7. The summed E-state index contributed by atoms with van der Waals surface area (Å²) in [6.07, 6.45) is 1.78. The molecule has 4 aromatic rings. The van der Waals surface area contributed by atoms with E-state index >= 15 is 0 Å². The van der Waals surface area contributed by atoms with Crippen LogP contribution in [0.4, 0.5) is 5.69 Å². The third-order valence-corrected chi connectivity index (χ3v) is 6.19. The van der Waals surface area contributed by atoms with Crippen molar-refractivity contribution < 1.29 is 14.3 Å². The van der Waals surface area contributed by atoms with Gasteiger partial charge in [-0.25, -0.2) is 9.78 Å². The van der Waals surface area contributed by atoms with Gasteiger partial charge in [0.05, 0.1) is 24.1 Å². The van der Waals surface area contributed by atoms with E-state index in [-0.39, 0.29) is 28.8 Å². The number of methoxy groups -OCH3 is 1. The zero-order valence-corrected chi connectivity index (χ0v) is 19.8. The van der Waals surface area contributed by atoms with Gasteiger partial charge in [-0.3, -0.25) is 14.2 Å². The third-order valence-electron chi connectivity index (χ3n) is 5.24. The molecule has 0 aliphatic rings. The Balaban J connectivity index is 1.64. The number of thioether (sulfide) groups is 1. The number of carbonyl (C=O) groups is 2. The molecule has 0 unspecified atom stereocenters. The standard InChI is InChI=1S/C25H24N4O4S/c1-15(2)29-23(31)22-21(18(13-26-22)16-9-5-4-6-10-16)28-25(29)34-14-20(30)27-19-12-8-7-11-17(19)24(32)33-3/h4-13,15,26H,14H2,1-3H3,(H,27,30). The number of hydrogen-bond donors (Lipinski definition) is 2. The lowest BCUT2D eigenvalue weighted by Crippen LogP contribution is -2.26. The molecule has 9 heteroatoms. The van der Waals surface area contributed by atoms with E-state index in [0.29, 0.717) is 21.9 Å². The first-order valence-corrected chi connectivity index (χ1v) is 11.7. The third kappa shape index (κ3) is 4.60. The fourth-order valence-electron chi connectivity index (χ4n) is 3.64. The number of anilines is 1. The molecule has 0 radical (unpaired) electrons. The number of carbonyl (C=O) groups excluding carboxylic acids is 2. The van der Waals surface area contributed by atoms with Gasteiger partial charge in [-0.05, 0) is 31.5 Å². The van der Waals surface area contributed by atoms with Crippen LogP contribution in [0.3, 0.4) is 0 Å². The maximum Gasteiger partial charge on any atom is 0.339 e. The minimum atomic E-state index is -0.537. The fraction of sp³-hybridized carbons (Fsp3) is 0.200. The summed E-state index contributed by atoms with van der Waals surface area (Å²) in [5.74, 6) is -0.862. The molecular formula is C25H24N4O4S. The molecule has 2 heterocycles. The molecule has 0 spiro atoms. The second-order valence-electron chi connectivity index (χ2n) is 7.83. The maximum absolute atomic E-state index is 13.3. The number of nitrogens with zero attached hydrogens (tertiary/aromatic N) is 2. The highest BCUT2D eigenvalue weighted by Crippen LogP contribution is 2.28. The van der Waals surface area contributed by atoms with Crippen molar-refractivity contribution in [3.63, 3.8) is 0 Å². The Bertz CT molecular complexity index is 1410. The highest BCUT2D eigenvalue weighted by Gasteiger charge is 2.20. The predicted octanol–water partition coefficient (Wildman–Crippen LogP) is 4.49. The van der Waals surface area contributed by atoms with E-state index in [1.165, 1.54) is 18.9 Å². The molecule has 8 nitrogen and oxygen atoms in total. The van der Waals surface area contributed by atoms with E-state index < -0.39 is 5.97 Å². The first-order chi connectivity index (χ1) is 16.4. The Morgan fingerprint density at radius 2 is 1.82 bits per heavy atom. The van der Waals surface area contributed by atoms with Gasteiger partial charge in [0.15, 0.2) is 5.16 Å². The Kier molecular flexibility index (Phi) is 6.83. The summed E-state index contributed by atoms with van der Waals surface area (Å²) < 4.78 is 6.35. The molecule has 0 atom stereocenters. The van der Waals surface area contributed by atoms with Gasteiger partial charge in [0.2, 0.25) is 5.91 Å². The second-order valence-corrected chi connectivity index (χ2v) is 8.77. The van der Waals surface area contributed by atoms with E-state index in [2.05, 4.69) is 10.3 Å². The van der Waals surface area contributed by atoms with Crippen LogP contribution in [0.1, 0.15) is 30.2 Å². The number of nitrogens with one attached hydrogen (secondary N) is 2. The zero-order valence-electron chi connectivity index (χ0n) is 19.0. The number of para-hydroxylation sites is 1. The summed E-state index contributed by atoms with van der Waals surface area (Å²) >= 11 is 1.17. The SMILES string of the molecule is COC(=O)c1ccccc1NC(=O)CSc1nc2c(-c3ccccc3)c[nH]c2c(=O)n1C(C)C. The van der Waals surface area contributed by atoms with Crippen LogP contribution in [0.25, 0.3) is 22.2 Å². The molecule has 34 heavy (non-hydrogen) atoms. The Labute approximate surface area is 200 Å². The Hall–Kier alpha value is -3.85. The molecule has 0 aliphatic carbocycles. The molecule has 2 aromatic heterocycles. The van der Waals surface area contributed by atoms with E-state index in [1.807, 2.05) is 44.2 Å². The average Bonchev–Trinajstić information content (AvgIpc) is 3.27. The molecule has 0 saturated carbocycles. The molecule has 2 N–H and O–H groups in total. The van der Waals surface area contributed by atoms with Gasteiger partial charge in [-0.15, -0.1) is 0 Å². The molecule has 4 rings (SSSR count). The smallest absolute Gasteiger partial charge is 0.339 e. The van der Waals surface area contributed by atoms with Gasteiger partial charge in [0.1, 0.15) is 11.0 Å². The molecule has 0 fully saturated rings. The molecule has 174 valence electrons. The summed E-state index contributed by atoms with van der Waals surface area (Å²) in [6, 6.07) is 16.2. The van der Waals surface area contributed by atoms with Crippen molar-refractivity contribution in [1.82, 2.24) is 14.5 Å². The van der Waals surface area contributed by atoms with Crippen molar-refractivity contribution in [2.75, 3.05) is 18.2 Å². The van der Waals surface area contributed by atoms with E-state index in [9.17, 15) is 14.4 Å². The highest BCUT2D eigenvalue weighted by atomic mass is 32.2. The van der Waals surface area contributed by atoms with E-state index in [1.54, 1.807) is 35.0 Å². The lowest BCUT2D eigenvalue weighted by molar-refractivity contribution is -0.113. The van der Waals surface area contributed by atoms with Crippen LogP contribution in [0.5, 0.6) is 0 Å². The van der Waals surface area contributed by atoms with Gasteiger partial charge in [-0.2, -0.15) is 0 Å². The number of rotatable bonds is 7. The summed E-state index contributed by atoms with van der Waals surface area (Å²) in [5.41, 5.74) is 3.18. The molecule has 1 amide bonds. The minimum absolute atomic E-state index is 0.00522. The fourth-order valence-corrected chi connectivity index (χ4v) is 4.56. The molecule has 2 aromatic carbocycles. The van der Waals surface area contributed by atoms with Crippen molar-refractivity contribution in [2.24, 2.45) is 0 Å². The van der Waals surface area contributed by atoms with E-state index in [4.69, 9.17) is 9.72 Å². The Morgan fingerprint density at radius 3 is 2.53 bits per heavy atom.